The third-order valence-corrected chi connectivity index (χ3v) is 3.48. The first-order valence-electron chi connectivity index (χ1n) is 4.92. The summed E-state index contributed by atoms with van der Waals surface area (Å²) in [6, 6.07) is 1.99. The summed E-state index contributed by atoms with van der Waals surface area (Å²) in [4.78, 5) is 4.48. The second kappa shape index (κ2) is 5.46. The van der Waals surface area contributed by atoms with E-state index in [0.717, 1.165) is 19.7 Å². The number of thiazole rings is 1. The molecule has 86 valence electrons. The molecule has 1 aliphatic heterocycles. The maximum absolute atomic E-state index is 8.72. The fourth-order valence-corrected chi connectivity index (χ4v) is 2.35. The Balaban J connectivity index is 1.86. The van der Waals surface area contributed by atoms with Crippen LogP contribution < -0.4 is 10.6 Å². The van der Waals surface area contributed by atoms with E-state index in [1.807, 2.05) is 6.07 Å². The lowest BCUT2D eigenvalue weighted by molar-refractivity contribution is 0.0372. The zero-order valence-corrected chi connectivity index (χ0v) is 10.1. The lowest BCUT2D eigenvalue weighted by Gasteiger charge is -2.23. The normalized spacial score (nSPS) is 20.4. The van der Waals surface area contributed by atoms with Crippen LogP contribution in [0.25, 0.3) is 0 Å². The standard InChI is InChI=1S/C9H11ClN4OS/c10-8-7(3-11)16-9(14-8)13-5-6-4-12-1-2-15-6/h6,12H,1-2,4-5H2,(H,13,14). The highest BCUT2D eigenvalue weighted by atomic mass is 35.5. The topological polar surface area (TPSA) is 70.0 Å². The van der Waals surface area contributed by atoms with Crippen molar-refractivity contribution in [3.8, 4) is 6.07 Å². The van der Waals surface area contributed by atoms with Crippen LogP contribution in [-0.4, -0.2) is 37.3 Å². The number of halogens is 1. The molecule has 1 unspecified atom stereocenters. The van der Waals surface area contributed by atoms with Crippen LogP contribution in [-0.2, 0) is 4.74 Å². The van der Waals surface area contributed by atoms with Gasteiger partial charge in [0.2, 0.25) is 0 Å². The number of nitriles is 1. The highest BCUT2D eigenvalue weighted by Crippen LogP contribution is 2.25. The van der Waals surface area contributed by atoms with Gasteiger partial charge >= 0.3 is 0 Å². The monoisotopic (exact) mass is 258 g/mol. The second-order valence-electron chi connectivity index (χ2n) is 3.33. The number of hydrogen-bond donors (Lipinski definition) is 2. The Morgan fingerprint density at radius 1 is 1.75 bits per heavy atom. The van der Waals surface area contributed by atoms with E-state index >= 15 is 0 Å². The summed E-state index contributed by atoms with van der Waals surface area (Å²) < 4.78 is 5.52. The van der Waals surface area contributed by atoms with E-state index in [0.29, 0.717) is 16.6 Å². The predicted molar refractivity (Wildman–Crippen MR) is 62.9 cm³/mol. The minimum absolute atomic E-state index is 0.141. The molecule has 0 saturated carbocycles. The molecule has 16 heavy (non-hydrogen) atoms. The van der Waals surface area contributed by atoms with Gasteiger partial charge in [0, 0.05) is 19.6 Å². The SMILES string of the molecule is N#Cc1sc(NCC2CNCCO2)nc1Cl. The van der Waals surface area contributed by atoms with Gasteiger partial charge < -0.3 is 15.4 Å². The molecule has 0 bridgehead atoms. The molecule has 1 fully saturated rings. The Labute approximate surface area is 102 Å². The van der Waals surface area contributed by atoms with Gasteiger partial charge in [0.1, 0.15) is 10.9 Å². The minimum atomic E-state index is 0.141. The van der Waals surface area contributed by atoms with Crippen molar-refractivity contribution in [2.24, 2.45) is 0 Å². The first-order valence-corrected chi connectivity index (χ1v) is 6.11. The molecule has 0 spiro atoms. The van der Waals surface area contributed by atoms with Gasteiger partial charge in [0.15, 0.2) is 10.3 Å². The van der Waals surface area contributed by atoms with Crippen LogP contribution in [0.4, 0.5) is 5.13 Å². The molecule has 1 aromatic heterocycles. The van der Waals surface area contributed by atoms with Crippen molar-refractivity contribution in [2.75, 3.05) is 31.6 Å². The Morgan fingerprint density at radius 2 is 2.62 bits per heavy atom. The van der Waals surface area contributed by atoms with Crippen LogP contribution in [0.1, 0.15) is 4.88 Å². The van der Waals surface area contributed by atoms with Crippen LogP contribution in [0.5, 0.6) is 0 Å². The van der Waals surface area contributed by atoms with Crippen molar-refractivity contribution in [1.29, 1.82) is 5.26 Å². The van der Waals surface area contributed by atoms with E-state index in [1.54, 1.807) is 0 Å². The number of morpholine rings is 1. The fourth-order valence-electron chi connectivity index (χ4n) is 1.40. The molecule has 7 heteroatoms. The summed E-state index contributed by atoms with van der Waals surface area (Å²) in [6.07, 6.45) is 0.141. The minimum Gasteiger partial charge on any atom is -0.374 e. The van der Waals surface area contributed by atoms with Crippen molar-refractivity contribution < 1.29 is 4.74 Å². The molecule has 1 atom stereocenters. The number of nitrogens with zero attached hydrogens (tertiary/aromatic N) is 2. The maximum atomic E-state index is 8.72. The number of aromatic nitrogens is 1. The lowest BCUT2D eigenvalue weighted by atomic mass is 10.3. The predicted octanol–water partition coefficient (Wildman–Crippen LogP) is 1.07. The third kappa shape index (κ3) is 2.83. The highest BCUT2D eigenvalue weighted by Gasteiger charge is 2.14. The van der Waals surface area contributed by atoms with Crippen LogP contribution in [0.15, 0.2) is 0 Å². The van der Waals surface area contributed by atoms with Crippen LogP contribution >= 0.6 is 22.9 Å². The maximum Gasteiger partial charge on any atom is 0.185 e. The van der Waals surface area contributed by atoms with Gasteiger partial charge in [-0.15, -0.1) is 0 Å². The molecule has 2 N–H and O–H groups in total. The second-order valence-corrected chi connectivity index (χ2v) is 4.69. The largest absolute Gasteiger partial charge is 0.374 e. The smallest absolute Gasteiger partial charge is 0.185 e. The molecule has 1 aromatic rings. The van der Waals surface area contributed by atoms with Crippen molar-refractivity contribution in [2.45, 2.75) is 6.10 Å². The zero-order chi connectivity index (χ0) is 11.4. The first kappa shape index (κ1) is 11.6. The molecular weight excluding hydrogens is 248 g/mol. The molecule has 0 aliphatic carbocycles. The molecule has 0 radical (unpaired) electrons. The molecule has 2 heterocycles. The molecule has 2 rings (SSSR count). The van der Waals surface area contributed by atoms with E-state index in [9.17, 15) is 0 Å². The van der Waals surface area contributed by atoms with E-state index in [1.165, 1.54) is 11.3 Å². The van der Waals surface area contributed by atoms with Crippen LogP contribution in [0.2, 0.25) is 5.15 Å². The Hall–Kier alpha value is -0.870. The summed E-state index contributed by atoms with van der Waals surface area (Å²) in [5, 5.41) is 16.0. The number of rotatable bonds is 3. The summed E-state index contributed by atoms with van der Waals surface area (Å²) in [5.74, 6) is 0. The Kier molecular flexibility index (Phi) is 3.96. The Bertz CT molecular complexity index is 397. The Morgan fingerprint density at radius 3 is 3.25 bits per heavy atom. The molecule has 5 nitrogen and oxygen atoms in total. The summed E-state index contributed by atoms with van der Waals surface area (Å²) >= 11 is 7.02. The van der Waals surface area contributed by atoms with Gasteiger partial charge in [-0.2, -0.15) is 5.26 Å². The molecule has 1 aliphatic rings. The summed E-state index contributed by atoms with van der Waals surface area (Å²) in [7, 11) is 0. The van der Waals surface area contributed by atoms with Gasteiger partial charge in [0.05, 0.1) is 12.7 Å². The van der Waals surface area contributed by atoms with Crippen molar-refractivity contribution in [3.63, 3.8) is 0 Å². The zero-order valence-electron chi connectivity index (χ0n) is 8.49. The van der Waals surface area contributed by atoms with Gasteiger partial charge in [-0.05, 0) is 0 Å². The number of ether oxygens (including phenoxy) is 1. The summed E-state index contributed by atoms with van der Waals surface area (Å²) in [5.41, 5.74) is 0. The number of nitrogens with one attached hydrogen (secondary N) is 2. The first-order chi connectivity index (χ1) is 7.79. The molecule has 0 aromatic carbocycles. The van der Waals surface area contributed by atoms with E-state index in [2.05, 4.69) is 15.6 Å². The van der Waals surface area contributed by atoms with Crippen molar-refractivity contribution in [3.05, 3.63) is 10.0 Å². The number of hydrogen-bond acceptors (Lipinski definition) is 6. The summed E-state index contributed by atoms with van der Waals surface area (Å²) in [6.45, 7) is 3.13. The van der Waals surface area contributed by atoms with Gasteiger partial charge in [-0.1, -0.05) is 22.9 Å². The van der Waals surface area contributed by atoms with Gasteiger partial charge in [-0.25, -0.2) is 4.98 Å². The fraction of sp³-hybridized carbons (Fsp3) is 0.556. The van der Waals surface area contributed by atoms with Crippen molar-refractivity contribution >= 4 is 28.1 Å². The highest BCUT2D eigenvalue weighted by molar-refractivity contribution is 7.16. The average Bonchev–Trinajstić information content (AvgIpc) is 2.69. The molecular formula is C9H11ClN4OS. The molecule has 1 saturated heterocycles. The van der Waals surface area contributed by atoms with Crippen LogP contribution in [0.3, 0.4) is 0 Å². The van der Waals surface area contributed by atoms with E-state index in [4.69, 9.17) is 21.6 Å². The third-order valence-electron chi connectivity index (χ3n) is 2.17. The van der Waals surface area contributed by atoms with Crippen molar-refractivity contribution in [1.82, 2.24) is 10.3 Å². The van der Waals surface area contributed by atoms with E-state index in [-0.39, 0.29) is 11.3 Å². The van der Waals surface area contributed by atoms with Crippen LogP contribution in [0, 0.1) is 11.3 Å². The quantitative estimate of drug-likeness (QED) is 0.849. The average molecular weight is 259 g/mol. The van der Waals surface area contributed by atoms with Gasteiger partial charge in [0.25, 0.3) is 0 Å². The van der Waals surface area contributed by atoms with Gasteiger partial charge in [-0.3, -0.25) is 0 Å². The van der Waals surface area contributed by atoms with E-state index < -0.39 is 0 Å². The number of anilines is 1. The lowest BCUT2D eigenvalue weighted by Crippen LogP contribution is -2.42. The molecule has 0 amide bonds.